The Morgan fingerprint density at radius 2 is 1.69 bits per heavy atom. The van der Waals surface area contributed by atoms with Crippen molar-refractivity contribution in [3.63, 3.8) is 0 Å². The van der Waals surface area contributed by atoms with Crippen molar-refractivity contribution in [1.82, 2.24) is 19.9 Å². The van der Waals surface area contributed by atoms with Gasteiger partial charge in [0.1, 0.15) is 0 Å². The molecule has 0 unspecified atom stereocenters. The molecule has 0 saturated carbocycles. The summed E-state index contributed by atoms with van der Waals surface area (Å²) in [4.78, 5) is 21.3. The van der Waals surface area contributed by atoms with E-state index in [1.165, 1.54) is 0 Å². The molecule has 1 aromatic heterocycles. The molecule has 0 N–H and O–H groups in total. The van der Waals surface area contributed by atoms with Gasteiger partial charge in [0, 0.05) is 42.9 Å². The molecule has 0 atom stereocenters. The Kier molecular flexibility index (Phi) is 4.50. The highest BCUT2D eigenvalue weighted by Gasteiger charge is 2.21. The molecular formula is C20H20N4O2. The molecular weight excluding hydrogens is 328 g/mol. The fraction of sp³-hybridized carbons (Fsp3) is 0.250. The summed E-state index contributed by atoms with van der Waals surface area (Å²) < 4.78 is 5.41. The third-order valence-corrected chi connectivity index (χ3v) is 4.60. The minimum absolute atomic E-state index is 0.0442. The maximum atomic E-state index is 12.8. The van der Waals surface area contributed by atoms with Crippen LogP contribution in [0.1, 0.15) is 10.4 Å². The third kappa shape index (κ3) is 3.36. The molecule has 6 heteroatoms. The van der Waals surface area contributed by atoms with Crippen LogP contribution >= 0.6 is 0 Å². The van der Waals surface area contributed by atoms with E-state index in [1.54, 1.807) is 0 Å². The second-order valence-corrected chi connectivity index (χ2v) is 6.47. The van der Waals surface area contributed by atoms with Gasteiger partial charge in [-0.05, 0) is 25.2 Å². The van der Waals surface area contributed by atoms with Gasteiger partial charge in [0.05, 0.1) is 0 Å². The van der Waals surface area contributed by atoms with Crippen molar-refractivity contribution in [2.75, 3.05) is 33.2 Å². The maximum Gasteiger partial charge on any atom is 0.258 e. The molecule has 2 aromatic carbocycles. The van der Waals surface area contributed by atoms with E-state index in [-0.39, 0.29) is 5.91 Å². The highest BCUT2D eigenvalue weighted by Crippen LogP contribution is 2.23. The van der Waals surface area contributed by atoms with Gasteiger partial charge >= 0.3 is 0 Å². The Morgan fingerprint density at radius 3 is 2.46 bits per heavy atom. The van der Waals surface area contributed by atoms with Crippen LogP contribution in [0.2, 0.25) is 0 Å². The molecule has 2 heterocycles. The van der Waals surface area contributed by atoms with Gasteiger partial charge in [0.15, 0.2) is 0 Å². The van der Waals surface area contributed by atoms with Crippen LogP contribution in [0.15, 0.2) is 59.1 Å². The van der Waals surface area contributed by atoms with E-state index >= 15 is 0 Å². The molecule has 0 bridgehead atoms. The molecule has 4 rings (SSSR count). The van der Waals surface area contributed by atoms with Gasteiger partial charge in [-0.1, -0.05) is 41.6 Å². The molecule has 3 aromatic rings. The average molecular weight is 348 g/mol. The summed E-state index contributed by atoms with van der Waals surface area (Å²) >= 11 is 0. The number of hydrogen-bond donors (Lipinski definition) is 0. The van der Waals surface area contributed by atoms with Crippen LogP contribution in [-0.4, -0.2) is 59.1 Å². The second kappa shape index (κ2) is 7.09. The minimum Gasteiger partial charge on any atom is -0.336 e. The van der Waals surface area contributed by atoms with Crippen LogP contribution in [0.5, 0.6) is 0 Å². The first kappa shape index (κ1) is 16.5. The molecule has 0 aliphatic carbocycles. The number of benzene rings is 2. The topological polar surface area (TPSA) is 62.5 Å². The normalized spacial score (nSPS) is 15.2. The Balaban J connectivity index is 1.56. The number of carbonyl (C=O) groups excluding carboxylic acids is 1. The zero-order valence-corrected chi connectivity index (χ0v) is 14.6. The van der Waals surface area contributed by atoms with E-state index in [2.05, 4.69) is 22.1 Å². The van der Waals surface area contributed by atoms with E-state index < -0.39 is 0 Å². The highest BCUT2D eigenvalue weighted by atomic mass is 16.5. The number of rotatable bonds is 3. The van der Waals surface area contributed by atoms with Crippen molar-refractivity contribution in [3.8, 4) is 22.8 Å². The number of hydrogen-bond acceptors (Lipinski definition) is 5. The number of piperazine rings is 1. The number of amides is 1. The standard InChI is InChI=1S/C20H20N4O2/c1-23-10-12-24(13-11-23)20(25)17-9-5-8-16(14-17)19-21-18(22-26-19)15-6-3-2-4-7-15/h2-9,14H,10-13H2,1H3. The van der Waals surface area contributed by atoms with Gasteiger partial charge in [0.25, 0.3) is 11.8 Å². The lowest BCUT2D eigenvalue weighted by atomic mass is 10.1. The van der Waals surface area contributed by atoms with Gasteiger partial charge in [-0.15, -0.1) is 0 Å². The summed E-state index contributed by atoms with van der Waals surface area (Å²) in [7, 11) is 2.07. The van der Waals surface area contributed by atoms with Crippen LogP contribution in [0.3, 0.4) is 0 Å². The first-order valence-corrected chi connectivity index (χ1v) is 8.68. The van der Waals surface area contributed by atoms with Crippen molar-refractivity contribution >= 4 is 5.91 Å². The molecule has 1 saturated heterocycles. The van der Waals surface area contributed by atoms with Crippen LogP contribution in [-0.2, 0) is 0 Å². The molecule has 1 fully saturated rings. The fourth-order valence-corrected chi connectivity index (χ4v) is 3.02. The van der Waals surface area contributed by atoms with Gasteiger partial charge in [-0.3, -0.25) is 4.79 Å². The number of nitrogens with zero attached hydrogens (tertiary/aromatic N) is 4. The quantitative estimate of drug-likeness (QED) is 0.728. The molecule has 1 amide bonds. The number of aromatic nitrogens is 2. The Bertz CT molecular complexity index is 899. The molecule has 0 radical (unpaired) electrons. The van der Waals surface area contributed by atoms with Crippen LogP contribution in [0, 0.1) is 0 Å². The second-order valence-electron chi connectivity index (χ2n) is 6.47. The third-order valence-electron chi connectivity index (χ3n) is 4.60. The predicted molar refractivity (Wildman–Crippen MR) is 98.6 cm³/mol. The largest absolute Gasteiger partial charge is 0.336 e. The summed E-state index contributed by atoms with van der Waals surface area (Å²) in [6.45, 7) is 3.29. The molecule has 26 heavy (non-hydrogen) atoms. The minimum atomic E-state index is 0.0442. The van der Waals surface area contributed by atoms with E-state index in [4.69, 9.17) is 4.52 Å². The molecule has 1 aliphatic heterocycles. The predicted octanol–water partition coefficient (Wildman–Crippen LogP) is 2.79. The lowest BCUT2D eigenvalue weighted by Gasteiger charge is -2.32. The molecule has 0 spiro atoms. The van der Waals surface area contributed by atoms with Gasteiger partial charge in [-0.2, -0.15) is 4.98 Å². The summed E-state index contributed by atoms with van der Waals surface area (Å²) in [5.41, 5.74) is 2.29. The number of carbonyl (C=O) groups is 1. The fourth-order valence-electron chi connectivity index (χ4n) is 3.02. The summed E-state index contributed by atoms with van der Waals surface area (Å²) in [5.74, 6) is 0.996. The van der Waals surface area contributed by atoms with Crippen LogP contribution < -0.4 is 0 Å². The van der Waals surface area contributed by atoms with E-state index in [9.17, 15) is 4.79 Å². The van der Waals surface area contributed by atoms with Crippen molar-refractivity contribution in [1.29, 1.82) is 0 Å². The van der Waals surface area contributed by atoms with Gasteiger partial charge in [0.2, 0.25) is 5.82 Å². The summed E-state index contributed by atoms with van der Waals surface area (Å²) in [6.07, 6.45) is 0. The lowest BCUT2D eigenvalue weighted by molar-refractivity contribution is 0.0664. The Morgan fingerprint density at radius 1 is 0.962 bits per heavy atom. The van der Waals surface area contributed by atoms with Crippen molar-refractivity contribution < 1.29 is 9.32 Å². The van der Waals surface area contributed by atoms with Crippen molar-refractivity contribution in [2.24, 2.45) is 0 Å². The first-order valence-electron chi connectivity index (χ1n) is 8.68. The molecule has 6 nitrogen and oxygen atoms in total. The monoisotopic (exact) mass is 348 g/mol. The summed E-state index contributed by atoms with van der Waals surface area (Å²) in [5, 5.41) is 4.05. The zero-order valence-electron chi connectivity index (χ0n) is 14.6. The van der Waals surface area contributed by atoms with E-state index in [0.717, 1.165) is 37.3 Å². The van der Waals surface area contributed by atoms with E-state index in [1.807, 2.05) is 59.5 Å². The molecule has 132 valence electrons. The van der Waals surface area contributed by atoms with Crippen molar-refractivity contribution in [3.05, 3.63) is 60.2 Å². The Labute approximate surface area is 152 Å². The SMILES string of the molecule is CN1CCN(C(=O)c2cccc(-c3nc(-c4ccccc4)no3)c2)CC1. The van der Waals surface area contributed by atoms with Crippen LogP contribution in [0.4, 0.5) is 0 Å². The Hall–Kier alpha value is -2.99. The average Bonchev–Trinajstić information content (AvgIpc) is 3.19. The van der Waals surface area contributed by atoms with Gasteiger partial charge < -0.3 is 14.3 Å². The maximum absolute atomic E-state index is 12.8. The highest BCUT2D eigenvalue weighted by molar-refractivity contribution is 5.95. The van der Waals surface area contributed by atoms with E-state index in [0.29, 0.717) is 17.3 Å². The van der Waals surface area contributed by atoms with Gasteiger partial charge in [-0.25, -0.2) is 0 Å². The number of likely N-dealkylation sites (N-methyl/N-ethyl adjacent to an activating group) is 1. The molecule has 1 aliphatic rings. The lowest BCUT2D eigenvalue weighted by Crippen LogP contribution is -2.47. The zero-order chi connectivity index (χ0) is 17.9. The van der Waals surface area contributed by atoms with Crippen LogP contribution in [0.25, 0.3) is 22.8 Å². The smallest absolute Gasteiger partial charge is 0.258 e. The summed E-state index contributed by atoms with van der Waals surface area (Å²) in [6, 6.07) is 17.1. The van der Waals surface area contributed by atoms with Crippen molar-refractivity contribution in [2.45, 2.75) is 0 Å². The first-order chi connectivity index (χ1) is 12.7.